The second kappa shape index (κ2) is 5.81. The van der Waals surface area contributed by atoms with Gasteiger partial charge in [0.25, 0.3) is 10.0 Å². The molecule has 1 heterocycles. The van der Waals surface area contributed by atoms with Gasteiger partial charge in [-0.2, -0.15) is 0 Å². The SMILES string of the molecule is Cc1ccc(S(=O)(=O)Nc2cc(-n3cnnc3)ccc2F)cc1. The number of sulfonamides is 1. The molecule has 118 valence electrons. The molecular weight excluding hydrogens is 319 g/mol. The van der Waals surface area contributed by atoms with Crippen LogP contribution in [0.3, 0.4) is 0 Å². The molecule has 0 aliphatic rings. The Balaban J connectivity index is 1.96. The fourth-order valence-corrected chi connectivity index (χ4v) is 3.07. The van der Waals surface area contributed by atoms with Crippen LogP contribution in [0.25, 0.3) is 5.69 Å². The Bertz CT molecular complexity index is 923. The van der Waals surface area contributed by atoms with Crippen molar-refractivity contribution < 1.29 is 12.8 Å². The van der Waals surface area contributed by atoms with E-state index in [1.165, 1.54) is 43.0 Å². The molecule has 0 spiro atoms. The van der Waals surface area contributed by atoms with Crippen molar-refractivity contribution in [1.29, 1.82) is 0 Å². The Morgan fingerprint density at radius 2 is 1.70 bits per heavy atom. The van der Waals surface area contributed by atoms with Gasteiger partial charge in [0, 0.05) is 0 Å². The third kappa shape index (κ3) is 3.21. The van der Waals surface area contributed by atoms with Crippen LogP contribution in [0.2, 0.25) is 0 Å². The van der Waals surface area contributed by atoms with Gasteiger partial charge in [0.15, 0.2) is 0 Å². The number of aryl methyl sites for hydroxylation is 1. The van der Waals surface area contributed by atoms with Crippen molar-refractivity contribution in [2.24, 2.45) is 0 Å². The first-order valence-electron chi connectivity index (χ1n) is 6.70. The largest absolute Gasteiger partial charge is 0.288 e. The molecular formula is C15H13FN4O2S. The molecule has 3 rings (SSSR count). The van der Waals surface area contributed by atoms with Gasteiger partial charge in [-0.3, -0.25) is 9.29 Å². The first-order chi connectivity index (χ1) is 11.0. The first kappa shape index (κ1) is 15.2. The van der Waals surface area contributed by atoms with Crippen molar-refractivity contribution in [2.75, 3.05) is 4.72 Å². The van der Waals surface area contributed by atoms with Gasteiger partial charge < -0.3 is 0 Å². The van der Waals surface area contributed by atoms with Gasteiger partial charge in [0.05, 0.1) is 16.3 Å². The molecule has 23 heavy (non-hydrogen) atoms. The molecule has 0 fully saturated rings. The van der Waals surface area contributed by atoms with Crippen LogP contribution >= 0.6 is 0 Å². The quantitative estimate of drug-likeness (QED) is 0.796. The lowest BCUT2D eigenvalue weighted by Crippen LogP contribution is -2.14. The van der Waals surface area contributed by atoms with E-state index in [2.05, 4.69) is 14.9 Å². The van der Waals surface area contributed by atoms with E-state index in [9.17, 15) is 12.8 Å². The lowest BCUT2D eigenvalue weighted by molar-refractivity contribution is 0.598. The summed E-state index contributed by atoms with van der Waals surface area (Å²) in [5.41, 5.74) is 1.33. The molecule has 0 radical (unpaired) electrons. The molecule has 6 nitrogen and oxygen atoms in total. The lowest BCUT2D eigenvalue weighted by atomic mass is 10.2. The van der Waals surface area contributed by atoms with Gasteiger partial charge >= 0.3 is 0 Å². The summed E-state index contributed by atoms with van der Waals surface area (Å²) in [6.45, 7) is 1.85. The van der Waals surface area contributed by atoms with E-state index in [0.717, 1.165) is 5.56 Å². The maximum atomic E-state index is 14.0. The number of benzene rings is 2. The molecule has 0 bridgehead atoms. The van der Waals surface area contributed by atoms with E-state index in [0.29, 0.717) is 5.69 Å². The Hall–Kier alpha value is -2.74. The van der Waals surface area contributed by atoms with E-state index in [4.69, 9.17) is 0 Å². The van der Waals surface area contributed by atoms with Crippen molar-refractivity contribution in [1.82, 2.24) is 14.8 Å². The van der Waals surface area contributed by atoms with Crippen LogP contribution in [0.5, 0.6) is 0 Å². The Kier molecular flexibility index (Phi) is 3.83. The minimum Gasteiger partial charge on any atom is -0.288 e. The molecule has 1 N–H and O–H groups in total. The molecule has 1 aromatic heterocycles. The van der Waals surface area contributed by atoms with Gasteiger partial charge in [0.2, 0.25) is 0 Å². The summed E-state index contributed by atoms with van der Waals surface area (Å²) in [5.74, 6) is -0.669. The van der Waals surface area contributed by atoms with Crippen LogP contribution in [-0.2, 0) is 10.0 Å². The predicted molar refractivity (Wildman–Crippen MR) is 83.3 cm³/mol. The van der Waals surface area contributed by atoms with Crippen LogP contribution in [-0.4, -0.2) is 23.2 Å². The summed E-state index contributed by atoms with van der Waals surface area (Å²) >= 11 is 0. The molecule has 2 aromatic carbocycles. The average molecular weight is 332 g/mol. The van der Waals surface area contributed by atoms with E-state index in [1.54, 1.807) is 16.7 Å². The van der Waals surface area contributed by atoms with Crippen molar-refractivity contribution in [3.8, 4) is 5.69 Å². The average Bonchev–Trinajstić information content (AvgIpc) is 3.04. The topological polar surface area (TPSA) is 76.9 Å². The fourth-order valence-electron chi connectivity index (χ4n) is 2.01. The van der Waals surface area contributed by atoms with E-state index in [1.807, 2.05) is 6.92 Å². The summed E-state index contributed by atoms with van der Waals surface area (Å²) in [7, 11) is -3.87. The second-order valence-electron chi connectivity index (χ2n) is 4.95. The highest BCUT2D eigenvalue weighted by Gasteiger charge is 2.16. The van der Waals surface area contributed by atoms with Gasteiger partial charge in [-0.15, -0.1) is 10.2 Å². The lowest BCUT2D eigenvalue weighted by Gasteiger charge is -2.11. The first-order valence-corrected chi connectivity index (χ1v) is 8.18. The number of nitrogens with one attached hydrogen (secondary N) is 1. The minimum absolute atomic E-state index is 0.0669. The van der Waals surface area contributed by atoms with Gasteiger partial charge in [0.1, 0.15) is 18.5 Å². The van der Waals surface area contributed by atoms with E-state index < -0.39 is 15.8 Å². The smallest absolute Gasteiger partial charge is 0.261 e. The van der Waals surface area contributed by atoms with Crippen molar-refractivity contribution in [2.45, 2.75) is 11.8 Å². The Morgan fingerprint density at radius 3 is 2.35 bits per heavy atom. The zero-order valence-electron chi connectivity index (χ0n) is 12.1. The minimum atomic E-state index is -3.87. The molecule has 0 aliphatic carbocycles. The van der Waals surface area contributed by atoms with Gasteiger partial charge in [-0.25, -0.2) is 12.8 Å². The number of hydrogen-bond donors (Lipinski definition) is 1. The zero-order chi connectivity index (χ0) is 16.4. The Morgan fingerprint density at radius 1 is 1.04 bits per heavy atom. The van der Waals surface area contributed by atoms with Crippen molar-refractivity contribution in [3.05, 3.63) is 66.5 Å². The molecule has 0 saturated heterocycles. The van der Waals surface area contributed by atoms with Crippen LogP contribution in [0.1, 0.15) is 5.56 Å². The van der Waals surface area contributed by atoms with Gasteiger partial charge in [-0.1, -0.05) is 17.7 Å². The number of halogens is 1. The van der Waals surface area contributed by atoms with Crippen molar-refractivity contribution in [3.63, 3.8) is 0 Å². The molecule has 0 amide bonds. The highest BCUT2D eigenvalue weighted by Crippen LogP contribution is 2.22. The predicted octanol–water partition coefficient (Wildman–Crippen LogP) is 2.52. The van der Waals surface area contributed by atoms with E-state index in [-0.39, 0.29) is 10.6 Å². The number of nitrogens with zero attached hydrogens (tertiary/aromatic N) is 3. The van der Waals surface area contributed by atoms with Crippen LogP contribution < -0.4 is 4.72 Å². The molecule has 0 atom stereocenters. The van der Waals surface area contributed by atoms with Crippen molar-refractivity contribution >= 4 is 15.7 Å². The highest BCUT2D eigenvalue weighted by molar-refractivity contribution is 7.92. The summed E-state index contributed by atoms with van der Waals surface area (Å²) in [6.07, 6.45) is 2.87. The number of rotatable bonds is 4. The summed E-state index contributed by atoms with van der Waals surface area (Å²) in [6, 6.07) is 10.4. The maximum absolute atomic E-state index is 14.0. The molecule has 0 aliphatic heterocycles. The third-order valence-corrected chi connectivity index (χ3v) is 4.62. The fraction of sp³-hybridized carbons (Fsp3) is 0.0667. The second-order valence-corrected chi connectivity index (χ2v) is 6.63. The van der Waals surface area contributed by atoms with Gasteiger partial charge in [-0.05, 0) is 37.3 Å². The van der Waals surface area contributed by atoms with Crippen LogP contribution in [0, 0.1) is 12.7 Å². The zero-order valence-corrected chi connectivity index (χ0v) is 13.0. The third-order valence-electron chi connectivity index (χ3n) is 3.24. The molecule has 8 heteroatoms. The molecule has 0 unspecified atom stereocenters. The number of anilines is 1. The molecule has 3 aromatic rings. The normalized spacial score (nSPS) is 11.4. The summed E-state index contributed by atoms with van der Waals surface area (Å²) in [5, 5.41) is 7.32. The summed E-state index contributed by atoms with van der Waals surface area (Å²) in [4.78, 5) is 0.0669. The van der Waals surface area contributed by atoms with Crippen LogP contribution in [0.15, 0.2) is 60.0 Å². The number of aromatic nitrogens is 3. The highest BCUT2D eigenvalue weighted by atomic mass is 32.2. The monoisotopic (exact) mass is 332 g/mol. The molecule has 0 saturated carbocycles. The van der Waals surface area contributed by atoms with E-state index >= 15 is 0 Å². The number of hydrogen-bond acceptors (Lipinski definition) is 4. The van der Waals surface area contributed by atoms with Crippen LogP contribution in [0.4, 0.5) is 10.1 Å². The maximum Gasteiger partial charge on any atom is 0.261 e. The Labute approximate surface area is 132 Å². The standard InChI is InChI=1S/C15H13FN4O2S/c1-11-2-5-13(6-3-11)23(21,22)19-15-8-12(4-7-14(15)16)20-9-17-18-10-20/h2-10,19H,1H3. The summed E-state index contributed by atoms with van der Waals surface area (Å²) < 4.78 is 42.5.